The summed E-state index contributed by atoms with van der Waals surface area (Å²) in [4.78, 5) is 84.3. The number of aryl methyl sites for hydroxylation is 1. The number of aromatic carboxylic acids is 1. The molecule has 0 saturated carbocycles. The maximum absolute atomic E-state index is 14.9. The van der Waals surface area contributed by atoms with Crippen molar-refractivity contribution in [1.29, 1.82) is 0 Å². The fourth-order valence-corrected chi connectivity index (χ4v) is 95.8. The second kappa shape index (κ2) is 67.7. The van der Waals surface area contributed by atoms with Crippen LogP contribution in [0.15, 0.2) is 180 Å². The van der Waals surface area contributed by atoms with Crippen molar-refractivity contribution in [1.82, 2.24) is 110 Å². The quantitative estimate of drug-likeness (QED) is 0.0274. The first kappa shape index (κ1) is 120. The van der Waals surface area contributed by atoms with Crippen LogP contribution in [0.1, 0.15) is 120 Å². The topological polar surface area (TPSA) is 398 Å². The molecule has 3 atom stereocenters. The lowest BCUT2D eigenvalue weighted by Gasteiger charge is -2.32. The van der Waals surface area contributed by atoms with Gasteiger partial charge in [0.1, 0.15) is 66.7 Å². The lowest BCUT2D eigenvalue weighted by atomic mass is 10.0. The van der Waals surface area contributed by atoms with Crippen LogP contribution in [0.2, 0.25) is 20.6 Å². The number of nitrogens with zero attached hydrogens (tertiary/aromatic N) is 18. The van der Waals surface area contributed by atoms with Crippen LogP contribution in [0.25, 0.3) is 56.1 Å². The first-order valence-electron chi connectivity index (χ1n) is 41.1. The molecule has 3 aliphatic heterocycles. The third kappa shape index (κ3) is 40.1. The molecule has 146 heavy (non-hydrogen) atoms. The minimum Gasteiger partial charge on any atom is -0.478 e. The van der Waals surface area contributed by atoms with Crippen molar-refractivity contribution in [2.24, 2.45) is 5.84 Å². The lowest BCUT2D eigenvalue weighted by Crippen LogP contribution is -2.41. The van der Waals surface area contributed by atoms with Crippen molar-refractivity contribution in [2.45, 2.75) is 78.3 Å². The van der Waals surface area contributed by atoms with E-state index >= 15 is 0 Å². The van der Waals surface area contributed by atoms with Gasteiger partial charge in [0.25, 0.3) is 17.0 Å². The van der Waals surface area contributed by atoms with Gasteiger partial charge < -0.3 is 39.8 Å². The molecule has 0 aliphatic carbocycles. The lowest BCUT2D eigenvalue weighted by molar-refractivity contribution is 0.0673. The van der Waals surface area contributed by atoms with E-state index < -0.39 is 23.5 Å². The molecule has 0 saturated heterocycles. The molecule has 8 N–H and O–H groups in total. The van der Waals surface area contributed by atoms with Gasteiger partial charge in [-0.05, 0) is 124 Å². The van der Waals surface area contributed by atoms with Gasteiger partial charge in [0.15, 0.2) is 35.4 Å². The predicted octanol–water partition coefficient (Wildman–Crippen LogP) is 11.9. The Kier molecular flexibility index (Phi) is 55.5. The Morgan fingerprint density at radius 1 is 0.473 bits per heavy atom. The largest absolute Gasteiger partial charge is 0.478 e. The minimum absolute atomic E-state index is 0. The maximum Gasteiger partial charge on any atom is 0.338 e. The van der Waals surface area contributed by atoms with Gasteiger partial charge in [-0.15, -0.1) is 30.6 Å². The molecule has 0 radical (unpaired) electrons. The highest BCUT2D eigenvalue weighted by atomic mass is 35.5. The first-order chi connectivity index (χ1) is 72.0. The number of carbonyl (C=O) groups is 3. The Bertz CT molecular complexity index is 8790. The summed E-state index contributed by atoms with van der Waals surface area (Å²) in [5.74, 6) is 7.12. The molecule has 778 valence electrons. The van der Waals surface area contributed by atoms with Crippen molar-refractivity contribution in [2.75, 3.05) is 25.1 Å². The van der Waals surface area contributed by atoms with Crippen molar-refractivity contribution in [3.05, 3.63) is 286 Å². The standard InChI is InChI=1S/C27H21ClFN7O2.C16H11FN2O3.2C11H12ClN5.C6H4ClNO.C5H8N4.S34.2H2/c1-15-13-35(14-24-32-33-25(36(15)24)21-7-4-8-23(28)30-21)27(38)19-11-16(9-10-20(19)29)12-22-17-5-2-3-6-18(17)26(37)34-31-22;17-13-6-5-9(7-12(13)16(21)22)8-14-10-3-1-2-4-11(10)15(20)19-18-14;2*1-7-5-13-6-10-15-16-11(17(7)10)8-3-2-4-9(12)14-8;7-6-3-1-2-5(4-9)8-6;1-4-2-7-3-5(8-4)9-6;1-3-5-7-9-11-13-15-17-19-21-23-25-27-29-31-33-34-32-30-28-26-24-22-20-18-16-14-12-10-8-6-4-2;;/h2-11,15H,12-14H2,1H3,(H,34,37);1-7H,8H2,(H,19,20)(H,21,22);2*2-4,7,13H,5-6H2,1H3;1-4H;2-3H,6H2,1H3,(H,8,9);;2*1H/i;;;;;;;1+1D;. The van der Waals surface area contributed by atoms with E-state index in [1.54, 1.807) is 221 Å². The number of halogens is 6. The van der Waals surface area contributed by atoms with E-state index in [1.807, 2.05) is 215 Å². The van der Waals surface area contributed by atoms with Crippen molar-refractivity contribution in [3.8, 4) is 34.6 Å². The van der Waals surface area contributed by atoms with E-state index in [2.05, 4.69) is 120 Å². The molecule has 0 bridgehead atoms. The van der Waals surface area contributed by atoms with Gasteiger partial charge in [0.05, 0.1) is 70.9 Å². The van der Waals surface area contributed by atoms with Crippen LogP contribution in [0.3, 0.4) is 0 Å². The third-order valence-corrected chi connectivity index (χ3v) is 88.2. The smallest absolute Gasteiger partial charge is 0.338 e. The molecule has 3 unspecified atom stereocenters. The molecule has 0 spiro atoms. The summed E-state index contributed by atoms with van der Waals surface area (Å²) in [7, 11) is 56.4. The van der Waals surface area contributed by atoms with Crippen molar-refractivity contribution < 1.29 is 32.7 Å². The number of pyridine rings is 4. The number of carboxylic acid groups (broad SMARTS) is 1. The molecule has 30 nitrogen and oxygen atoms in total. The Labute approximate surface area is 956 Å². The number of nitrogen functional groups attached to an aromatic ring is 1. The number of aldehydes is 1. The number of nitrogens with one attached hydrogen (secondary N) is 5. The summed E-state index contributed by atoms with van der Waals surface area (Å²) >= 11 is 32.9. The molecule has 17 rings (SSSR count). The summed E-state index contributed by atoms with van der Waals surface area (Å²) in [6, 6.07) is 44.2. The molecular formula is C76H72Cl4F2N24O6S34. The van der Waals surface area contributed by atoms with Gasteiger partial charge in [-0.2, -0.15) is 10.2 Å². The number of anilines is 1. The van der Waals surface area contributed by atoms with Crippen LogP contribution in [0.4, 0.5) is 14.6 Å². The minimum atomic E-state index is -1.32. The van der Waals surface area contributed by atoms with Crippen LogP contribution >= 0.6 is 46.4 Å². The van der Waals surface area contributed by atoms with Gasteiger partial charge in [-0.1, -0.05) is 119 Å². The zero-order valence-corrected chi connectivity index (χ0v) is 105. The molecule has 1 amide bonds. The Morgan fingerprint density at radius 3 is 1.18 bits per heavy atom. The van der Waals surface area contributed by atoms with Gasteiger partial charge in [-0.3, -0.25) is 24.2 Å². The number of hydrogen-bond acceptors (Lipinski definition) is 25. The zero-order chi connectivity index (χ0) is 106. The van der Waals surface area contributed by atoms with E-state index in [-0.39, 0.29) is 42.7 Å². The first-order valence-corrected chi connectivity index (χ1v) is 85.6. The molecule has 0 fully saturated rings. The van der Waals surface area contributed by atoms with Crippen LogP contribution in [0, 0.1) is 18.6 Å². The van der Waals surface area contributed by atoms with Crippen LogP contribution < -0.4 is 33.0 Å². The maximum atomic E-state index is 14.9. The Hall–Kier alpha value is -4.95. The Balaban J connectivity index is 0.000000202. The number of benzene rings is 4. The summed E-state index contributed by atoms with van der Waals surface area (Å²) < 4.78 is 44.5. The number of hydrogen-bond donors (Lipinski definition) is 7. The number of rotatable bonds is 11. The zero-order valence-electron chi connectivity index (χ0n) is 75.9. The van der Waals surface area contributed by atoms with Crippen molar-refractivity contribution >= 4 is 398 Å². The second-order valence-electron chi connectivity index (χ2n) is 27.7. The van der Waals surface area contributed by atoms with Gasteiger partial charge >= 0.3 is 5.97 Å². The third-order valence-electron chi connectivity index (χ3n) is 18.4. The molecular weight excluding hydrogens is 2620 g/mol. The normalized spacial score (nSPS) is 12.9. The number of fused-ring (bicyclic) bond motifs is 5. The van der Waals surface area contributed by atoms with Crippen LogP contribution in [0.5, 0.6) is 0 Å². The highest BCUT2D eigenvalue weighted by molar-refractivity contribution is 8.80. The molecule has 10 aromatic heterocycles. The molecule has 13 heterocycles. The fourth-order valence-electron chi connectivity index (χ4n) is 12.8. The van der Waals surface area contributed by atoms with E-state index in [0.29, 0.717) is 125 Å². The second-order valence-corrected chi connectivity index (χ2v) is 85.9. The number of carbonyl (C=O) groups excluding carboxylic acids is 2. The monoisotopic (exact) mass is 2680 g/mol. The van der Waals surface area contributed by atoms with E-state index in [1.165, 1.54) is 36.0 Å². The summed E-state index contributed by atoms with van der Waals surface area (Å²) in [6.07, 6.45) is 4.50. The predicted molar refractivity (Wildman–Crippen MR) is 671 cm³/mol. The van der Waals surface area contributed by atoms with Crippen LogP contribution in [-0.2, 0) is 339 Å². The molecule has 3 aliphatic rings. The summed E-state index contributed by atoms with van der Waals surface area (Å²) in [6.45, 7) is 11.9. The number of aromatic nitrogens is 19. The highest BCUT2D eigenvalue weighted by Crippen LogP contribution is 2.31. The van der Waals surface area contributed by atoms with E-state index in [4.69, 9.17) is 82.7 Å². The van der Waals surface area contributed by atoms with Gasteiger partial charge in [0, 0.05) is 372 Å². The number of nitrogens with two attached hydrogens (primary N) is 1. The summed E-state index contributed by atoms with van der Waals surface area (Å²) in [5.41, 5.74) is 7.28. The molecule has 70 heteroatoms. The highest BCUT2D eigenvalue weighted by Gasteiger charge is 2.33. The Morgan fingerprint density at radius 2 is 0.829 bits per heavy atom. The van der Waals surface area contributed by atoms with E-state index in [0.717, 1.165) is 72.6 Å². The SMILES string of the molecule is CC1CN(C(=O)c2cc(Cc3n[nH]c(=O)c4ccccc34)ccc2F)Cc2nnc(-c3cccc(Cl)n3)n21.CC1CNCc2nnc(-c3cccc(Cl)n3)n21.CC1CNCc2nnc(-c3cccc(Cl)n3)n21.Cc1cncc(NN)n1.O=C(O)c1cc(Cc2n[nH]c(=O)c3ccccc23)ccc1F.O=Cc1cccc(Cl)n1.S=S=S=S=S=S=S=S=S=S=S=S=S=S=S=S=S=S=S=S=S=S=S=S=S=S=S=S=S=S=S=S=S=S.[2H][2H].[HH]. The average molecular weight is 2690 g/mol. The number of H-pyrrole nitrogens is 2. The fraction of sp³-hybridized carbons (Fsp3) is 0.197. The van der Waals surface area contributed by atoms with Crippen LogP contribution in [-0.4, -0.2) is 142 Å². The summed E-state index contributed by atoms with van der Waals surface area (Å²) in [5, 5.41) is 58.1. The van der Waals surface area contributed by atoms with Gasteiger partial charge in [0.2, 0.25) is 0 Å². The van der Waals surface area contributed by atoms with Gasteiger partial charge in [-0.25, -0.2) is 54.5 Å². The average Bonchev–Trinajstić information content (AvgIpc) is 1.74. The molecule has 4 aromatic carbocycles. The number of aromatic amines is 2. The number of amides is 1. The number of carboxylic acids is 1. The van der Waals surface area contributed by atoms with E-state index in [9.17, 15) is 32.8 Å². The molecule has 14 aromatic rings. The number of hydrazine groups is 1. The van der Waals surface area contributed by atoms with Crippen molar-refractivity contribution in [3.63, 3.8) is 0 Å².